The molecule has 2 heterocycles. The zero-order valence-corrected chi connectivity index (χ0v) is 10.8. The molecule has 0 saturated heterocycles. The van der Waals surface area contributed by atoms with E-state index in [9.17, 15) is 0 Å². The van der Waals surface area contributed by atoms with E-state index in [2.05, 4.69) is 10.3 Å². The minimum absolute atomic E-state index is 0.561. The number of fused-ring (bicyclic) bond motifs is 1. The molecule has 3 aromatic rings. The molecule has 1 aromatic carbocycles. The fraction of sp³-hybridized carbons (Fsp3) is 0.0714. The van der Waals surface area contributed by atoms with E-state index in [0.717, 1.165) is 22.4 Å². The number of rotatable bonds is 3. The van der Waals surface area contributed by atoms with E-state index in [-0.39, 0.29) is 0 Å². The van der Waals surface area contributed by atoms with Crippen molar-refractivity contribution in [2.24, 2.45) is 0 Å². The van der Waals surface area contributed by atoms with Crippen molar-refractivity contribution in [3.05, 3.63) is 53.6 Å². The van der Waals surface area contributed by atoms with Crippen molar-refractivity contribution in [1.29, 1.82) is 0 Å². The molecule has 0 saturated carbocycles. The molecule has 0 fully saturated rings. The number of benzene rings is 1. The van der Waals surface area contributed by atoms with Crippen molar-refractivity contribution in [2.75, 3.05) is 11.1 Å². The number of pyridine rings is 1. The van der Waals surface area contributed by atoms with E-state index in [1.54, 1.807) is 18.5 Å². The fourth-order valence-corrected chi connectivity index (χ4v) is 2.23. The van der Waals surface area contributed by atoms with E-state index in [1.807, 2.05) is 24.3 Å². The van der Waals surface area contributed by atoms with Crippen LogP contribution in [0, 0.1) is 0 Å². The van der Waals surface area contributed by atoms with Crippen molar-refractivity contribution in [2.45, 2.75) is 6.54 Å². The number of nitrogen functional groups attached to an aromatic ring is 1. The number of aromatic nitrogens is 1. The van der Waals surface area contributed by atoms with Crippen molar-refractivity contribution >= 4 is 33.9 Å². The number of halogens is 1. The molecule has 0 aliphatic rings. The monoisotopic (exact) mass is 273 g/mol. The molecule has 19 heavy (non-hydrogen) atoms. The van der Waals surface area contributed by atoms with Gasteiger partial charge in [0.1, 0.15) is 11.6 Å². The Labute approximate surface area is 115 Å². The van der Waals surface area contributed by atoms with Crippen molar-refractivity contribution < 1.29 is 4.42 Å². The van der Waals surface area contributed by atoms with Gasteiger partial charge in [-0.2, -0.15) is 0 Å². The lowest BCUT2D eigenvalue weighted by Crippen LogP contribution is -2.01. The van der Waals surface area contributed by atoms with Crippen LogP contribution in [0.1, 0.15) is 5.76 Å². The Morgan fingerprint density at radius 2 is 2.16 bits per heavy atom. The normalized spacial score (nSPS) is 10.8. The molecule has 0 bridgehead atoms. The number of nitrogens with zero attached hydrogens (tertiary/aromatic N) is 1. The molecule has 0 unspecified atom stereocenters. The molecule has 0 aliphatic carbocycles. The zero-order valence-electron chi connectivity index (χ0n) is 10.1. The van der Waals surface area contributed by atoms with Crippen LogP contribution < -0.4 is 11.1 Å². The highest BCUT2D eigenvalue weighted by Crippen LogP contribution is 2.29. The molecule has 0 atom stereocenters. The predicted octanol–water partition coefficient (Wildman–Crippen LogP) is 3.68. The van der Waals surface area contributed by atoms with Gasteiger partial charge >= 0.3 is 0 Å². The van der Waals surface area contributed by atoms with E-state index in [0.29, 0.717) is 17.3 Å². The Hall–Kier alpha value is -2.20. The number of furan rings is 1. The van der Waals surface area contributed by atoms with Gasteiger partial charge in [0.2, 0.25) is 0 Å². The quantitative estimate of drug-likeness (QED) is 0.715. The van der Waals surface area contributed by atoms with Gasteiger partial charge in [-0.1, -0.05) is 11.6 Å². The summed E-state index contributed by atoms with van der Waals surface area (Å²) in [5.74, 6) is 1.58. The standard InChI is InChI=1S/C14H12ClN3O/c15-9-6-12-11(13(16)7-9)3-4-17-14(12)18-8-10-2-1-5-19-10/h1-7H,8,16H2,(H,17,18). The highest BCUT2D eigenvalue weighted by molar-refractivity contribution is 6.32. The van der Waals surface area contributed by atoms with Crippen LogP contribution in [0.5, 0.6) is 0 Å². The number of nitrogens with one attached hydrogen (secondary N) is 1. The minimum Gasteiger partial charge on any atom is -0.467 e. The van der Waals surface area contributed by atoms with Crippen LogP contribution >= 0.6 is 11.6 Å². The number of hydrogen-bond acceptors (Lipinski definition) is 4. The lowest BCUT2D eigenvalue weighted by molar-refractivity contribution is 0.518. The maximum absolute atomic E-state index is 6.04. The summed E-state index contributed by atoms with van der Waals surface area (Å²) in [6.07, 6.45) is 3.36. The smallest absolute Gasteiger partial charge is 0.134 e. The second-order valence-corrected chi connectivity index (χ2v) is 4.62. The Morgan fingerprint density at radius 3 is 2.95 bits per heavy atom. The summed E-state index contributed by atoms with van der Waals surface area (Å²) < 4.78 is 5.27. The molecular weight excluding hydrogens is 262 g/mol. The van der Waals surface area contributed by atoms with Gasteiger partial charge in [0.25, 0.3) is 0 Å². The van der Waals surface area contributed by atoms with Gasteiger partial charge in [0.05, 0.1) is 12.8 Å². The Bertz CT molecular complexity index is 710. The SMILES string of the molecule is Nc1cc(Cl)cc2c(NCc3ccco3)nccc12. The summed E-state index contributed by atoms with van der Waals surface area (Å²) in [6.45, 7) is 0.561. The topological polar surface area (TPSA) is 64.1 Å². The molecule has 3 N–H and O–H groups in total. The van der Waals surface area contributed by atoms with Gasteiger partial charge < -0.3 is 15.5 Å². The molecule has 5 heteroatoms. The first-order chi connectivity index (χ1) is 9.24. The summed E-state index contributed by atoms with van der Waals surface area (Å²) in [4.78, 5) is 4.32. The molecule has 2 aromatic heterocycles. The van der Waals surface area contributed by atoms with Crippen LogP contribution in [0.3, 0.4) is 0 Å². The second-order valence-electron chi connectivity index (χ2n) is 4.18. The molecule has 4 nitrogen and oxygen atoms in total. The third-order valence-corrected chi connectivity index (χ3v) is 3.11. The van der Waals surface area contributed by atoms with Crippen LogP contribution in [-0.2, 0) is 6.54 Å². The maximum Gasteiger partial charge on any atom is 0.134 e. The van der Waals surface area contributed by atoms with E-state index >= 15 is 0 Å². The van der Waals surface area contributed by atoms with Crippen LogP contribution in [0.4, 0.5) is 11.5 Å². The van der Waals surface area contributed by atoms with Gasteiger partial charge in [0, 0.05) is 27.7 Å². The summed E-state index contributed by atoms with van der Waals surface area (Å²) in [7, 11) is 0. The first-order valence-corrected chi connectivity index (χ1v) is 6.22. The van der Waals surface area contributed by atoms with Crippen LogP contribution in [-0.4, -0.2) is 4.98 Å². The molecule has 0 radical (unpaired) electrons. The second kappa shape index (κ2) is 4.82. The van der Waals surface area contributed by atoms with E-state index < -0.39 is 0 Å². The molecule has 0 aliphatic heterocycles. The third-order valence-electron chi connectivity index (χ3n) is 2.89. The Balaban J connectivity index is 1.99. The highest BCUT2D eigenvalue weighted by Gasteiger charge is 2.07. The molecule has 3 rings (SSSR count). The lowest BCUT2D eigenvalue weighted by atomic mass is 10.1. The van der Waals surface area contributed by atoms with Crippen LogP contribution in [0.15, 0.2) is 47.2 Å². The highest BCUT2D eigenvalue weighted by atomic mass is 35.5. The van der Waals surface area contributed by atoms with E-state index in [1.165, 1.54) is 0 Å². The number of hydrogen-bond donors (Lipinski definition) is 2. The first-order valence-electron chi connectivity index (χ1n) is 5.84. The minimum atomic E-state index is 0.561. The zero-order chi connectivity index (χ0) is 13.2. The average Bonchev–Trinajstić information content (AvgIpc) is 2.89. The summed E-state index contributed by atoms with van der Waals surface area (Å²) in [5, 5.41) is 5.66. The van der Waals surface area contributed by atoms with Gasteiger partial charge in [-0.05, 0) is 30.3 Å². The molecule has 96 valence electrons. The van der Waals surface area contributed by atoms with E-state index in [4.69, 9.17) is 21.8 Å². The summed E-state index contributed by atoms with van der Waals surface area (Å²) in [5.41, 5.74) is 6.60. The fourth-order valence-electron chi connectivity index (χ4n) is 2.00. The van der Waals surface area contributed by atoms with Crippen LogP contribution in [0.25, 0.3) is 10.8 Å². The molecule has 0 amide bonds. The van der Waals surface area contributed by atoms with Gasteiger partial charge in [0.15, 0.2) is 0 Å². The predicted molar refractivity (Wildman–Crippen MR) is 77.2 cm³/mol. The van der Waals surface area contributed by atoms with Crippen molar-refractivity contribution in [1.82, 2.24) is 4.98 Å². The molecular formula is C14H12ClN3O. The number of nitrogens with two attached hydrogens (primary N) is 1. The van der Waals surface area contributed by atoms with Gasteiger partial charge in [-0.25, -0.2) is 4.98 Å². The maximum atomic E-state index is 6.04. The third kappa shape index (κ3) is 2.35. The summed E-state index contributed by atoms with van der Waals surface area (Å²) >= 11 is 6.04. The average molecular weight is 274 g/mol. The summed E-state index contributed by atoms with van der Waals surface area (Å²) in [6, 6.07) is 9.21. The number of anilines is 2. The van der Waals surface area contributed by atoms with Gasteiger partial charge in [-0.3, -0.25) is 0 Å². The first kappa shape index (κ1) is 11.9. The van der Waals surface area contributed by atoms with Gasteiger partial charge in [-0.15, -0.1) is 0 Å². The van der Waals surface area contributed by atoms with Crippen LogP contribution in [0.2, 0.25) is 5.02 Å². The Kier molecular flexibility index (Phi) is 3.01. The largest absolute Gasteiger partial charge is 0.467 e. The lowest BCUT2D eigenvalue weighted by Gasteiger charge is -2.09. The van der Waals surface area contributed by atoms with Crippen molar-refractivity contribution in [3.63, 3.8) is 0 Å². The van der Waals surface area contributed by atoms with Crippen molar-refractivity contribution in [3.8, 4) is 0 Å². The molecule has 0 spiro atoms. The Morgan fingerprint density at radius 1 is 1.26 bits per heavy atom.